The van der Waals surface area contributed by atoms with E-state index in [1.807, 2.05) is 17.9 Å². The second-order valence-electron chi connectivity index (χ2n) is 6.35. The van der Waals surface area contributed by atoms with Gasteiger partial charge < -0.3 is 10.6 Å². The number of nitrogens with two attached hydrogens (primary N) is 1. The lowest BCUT2D eigenvalue weighted by Gasteiger charge is -2.37. The van der Waals surface area contributed by atoms with Crippen molar-refractivity contribution in [1.29, 1.82) is 0 Å². The molecule has 1 saturated heterocycles. The van der Waals surface area contributed by atoms with Crippen molar-refractivity contribution in [2.45, 2.75) is 44.8 Å². The molecule has 2 atom stereocenters. The molecule has 2 unspecified atom stereocenters. The molecule has 0 radical (unpaired) electrons. The van der Waals surface area contributed by atoms with Crippen molar-refractivity contribution in [1.82, 2.24) is 19.9 Å². The van der Waals surface area contributed by atoms with Gasteiger partial charge in [-0.05, 0) is 43.9 Å². The third kappa shape index (κ3) is 4.55. The Morgan fingerprint density at radius 1 is 1.44 bits per heavy atom. The van der Waals surface area contributed by atoms with Crippen molar-refractivity contribution in [3.8, 4) is 0 Å². The van der Waals surface area contributed by atoms with Crippen molar-refractivity contribution in [3.63, 3.8) is 0 Å². The summed E-state index contributed by atoms with van der Waals surface area (Å²) in [6.45, 7) is 2.99. The third-order valence-corrected chi connectivity index (χ3v) is 4.41. The number of piperidine rings is 1. The zero-order valence-electron chi connectivity index (χ0n) is 14.1. The van der Waals surface area contributed by atoms with Gasteiger partial charge in [-0.15, -0.1) is 17.5 Å². The molecule has 8 heteroatoms. The van der Waals surface area contributed by atoms with E-state index in [2.05, 4.69) is 10.3 Å². The molecule has 0 spiro atoms. The number of carbonyl (C=O) groups excluding carboxylic acids is 1. The highest BCUT2D eigenvalue weighted by Gasteiger charge is 2.31. The number of amides is 1. The van der Waals surface area contributed by atoms with Crippen LogP contribution in [0.5, 0.6) is 0 Å². The fraction of sp³-hybridized carbons (Fsp3) is 0.471. The molecule has 136 valence electrons. The van der Waals surface area contributed by atoms with Crippen molar-refractivity contribution >= 4 is 18.3 Å². The van der Waals surface area contributed by atoms with Crippen LogP contribution in [0, 0.1) is 5.82 Å². The first-order valence-electron chi connectivity index (χ1n) is 8.26. The van der Waals surface area contributed by atoms with E-state index in [1.54, 1.807) is 16.9 Å². The van der Waals surface area contributed by atoms with Gasteiger partial charge in [0.05, 0.1) is 12.7 Å². The van der Waals surface area contributed by atoms with Gasteiger partial charge in [0.15, 0.2) is 5.69 Å². The van der Waals surface area contributed by atoms with E-state index in [0.717, 1.165) is 24.8 Å². The van der Waals surface area contributed by atoms with Crippen molar-refractivity contribution in [2.75, 3.05) is 6.54 Å². The number of aromatic nitrogens is 3. The van der Waals surface area contributed by atoms with E-state index < -0.39 is 0 Å². The number of likely N-dealkylation sites (tertiary alicyclic amines) is 1. The van der Waals surface area contributed by atoms with Gasteiger partial charge in [0.25, 0.3) is 5.91 Å². The largest absolute Gasteiger partial charge is 0.333 e. The lowest BCUT2D eigenvalue weighted by molar-refractivity contribution is 0.0577. The van der Waals surface area contributed by atoms with Gasteiger partial charge in [-0.2, -0.15) is 0 Å². The minimum atomic E-state index is -0.294. The summed E-state index contributed by atoms with van der Waals surface area (Å²) < 4.78 is 14.8. The van der Waals surface area contributed by atoms with Crippen molar-refractivity contribution in [2.24, 2.45) is 5.73 Å². The number of rotatable bonds is 4. The molecule has 1 fully saturated rings. The SMILES string of the molecule is CC(N)C1CCCCN1C(=O)c1cn(Cc2cccc(F)c2)nn1.Cl. The van der Waals surface area contributed by atoms with Crippen molar-refractivity contribution in [3.05, 3.63) is 47.5 Å². The Hall–Kier alpha value is -1.99. The summed E-state index contributed by atoms with van der Waals surface area (Å²) in [5.41, 5.74) is 7.10. The highest BCUT2D eigenvalue weighted by molar-refractivity contribution is 5.92. The van der Waals surface area contributed by atoms with Crippen LogP contribution >= 0.6 is 12.4 Å². The Labute approximate surface area is 152 Å². The van der Waals surface area contributed by atoms with Gasteiger partial charge in [-0.1, -0.05) is 17.3 Å². The molecule has 0 bridgehead atoms. The van der Waals surface area contributed by atoms with Crippen molar-refractivity contribution < 1.29 is 9.18 Å². The molecule has 1 aliphatic rings. The molecule has 1 amide bonds. The molecule has 2 aromatic rings. The minimum absolute atomic E-state index is 0. The molecule has 6 nitrogen and oxygen atoms in total. The first kappa shape index (κ1) is 19.3. The Kier molecular flexibility index (Phi) is 6.50. The monoisotopic (exact) mass is 367 g/mol. The van der Waals surface area contributed by atoms with E-state index in [1.165, 1.54) is 12.1 Å². The summed E-state index contributed by atoms with van der Waals surface area (Å²) in [5, 5.41) is 7.98. The predicted octanol–water partition coefficient (Wildman–Crippen LogP) is 2.23. The summed E-state index contributed by atoms with van der Waals surface area (Å²) in [6, 6.07) is 6.26. The Bertz CT molecular complexity index is 721. The Morgan fingerprint density at radius 3 is 2.96 bits per heavy atom. The molecule has 1 aliphatic heterocycles. The van der Waals surface area contributed by atoms with Crippen LogP contribution in [-0.2, 0) is 6.54 Å². The number of hydrogen-bond donors (Lipinski definition) is 1. The summed E-state index contributed by atoms with van der Waals surface area (Å²) >= 11 is 0. The average Bonchev–Trinajstić information content (AvgIpc) is 3.02. The average molecular weight is 368 g/mol. The first-order chi connectivity index (χ1) is 11.5. The van der Waals surface area contributed by atoms with Crippen LogP contribution < -0.4 is 5.73 Å². The van der Waals surface area contributed by atoms with Crippen LogP contribution in [0.1, 0.15) is 42.2 Å². The van der Waals surface area contributed by atoms with E-state index in [-0.39, 0.29) is 36.2 Å². The van der Waals surface area contributed by atoms with Crippen LogP contribution in [0.25, 0.3) is 0 Å². The molecule has 25 heavy (non-hydrogen) atoms. The third-order valence-electron chi connectivity index (χ3n) is 4.41. The van der Waals surface area contributed by atoms with Gasteiger partial charge in [-0.25, -0.2) is 9.07 Å². The van der Waals surface area contributed by atoms with Gasteiger partial charge in [-0.3, -0.25) is 4.79 Å². The first-order valence-corrected chi connectivity index (χ1v) is 8.26. The van der Waals surface area contributed by atoms with Gasteiger partial charge in [0.2, 0.25) is 0 Å². The lowest BCUT2D eigenvalue weighted by atomic mass is 9.96. The molecular weight excluding hydrogens is 345 g/mol. The van der Waals surface area contributed by atoms with E-state index in [4.69, 9.17) is 5.73 Å². The second kappa shape index (κ2) is 8.40. The molecule has 0 aliphatic carbocycles. The van der Waals surface area contributed by atoms with E-state index in [9.17, 15) is 9.18 Å². The molecule has 3 rings (SSSR count). The van der Waals surface area contributed by atoms with E-state index in [0.29, 0.717) is 18.8 Å². The number of benzene rings is 1. The van der Waals surface area contributed by atoms with Crippen LogP contribution in [0.4, 0.5) is 4.39 Å². The second-order valence-corrected chi connectivity index (χ2v) is 6.35. The number of halogens is 2. The molecule has 2 heterocycles. The summed E-state index contributed by atoms with van der Waals surface area (Å²) in [4.78, 5) is 14.5. The maximum atomic E-state index is 13.2. The predicted molar refractivity (Wildman–Crippen MR) is 95.1 cm³/mol. The summed E-state index contributed by atoms with van der Waals surface area (Å²) in [7, 11) is 0. The fourth-order valence-corrected chi connectivity index (χ4v) is 3.20. The zero-order chi connectivity index (χ0) is 17.1. The molecule has 2 N–H and O–H groups in total. The lowest BCUT2D eigenvalue weighted by Crippen LogP contribution is -2.51. The maximum Gasteiger partial charge on any atom is 0.276 e. The van der Waals surface area contributed by atoms with Gasteiger partial charge in [0.1, 0.15) is 5.82 Å². The topological polar surface area (TPSA) is 77.0 Å². The smallest absolute Gasteiger partial charge is 0.276 e. The fourth-order valence-electron chi connectivity index (χ4n) is 3.20. The van der Waals surface area contributed by atoms with Crippen LogP contribution in [-0.4, -0.2) is 44.4 Å². The van der Waals surface area contributed by atoms with Crippen LogP contribution in [0.2, 0.25) is 0 Å². The summed E-state index contributed by atoms with van der Waals surface area (Å²) in [6.07, 6.45) is 4.59. The highest BCUT2D eigenvalue weighted by Crippen LogP contribution is 2.21. The minimum Gasteiger partial charge on any atom is -0.333 e. The normalized spacial score (nSPS) is 18.5. The standard InChI is InChI=1S/C17H22FN5O.ClH/c1-12(19)16-7-2-3-8-23(16)17(24)15-11-22(21-20-15)10-13-5-4-6-14(18)9-13;/h4-6,9,11-12,16H,2-3,7-8,10,19H2,1H3;1H. The highest BCUT2D eigenvalue weighted by atomic mass is 35.5. The molecular formula is C17H23ClFN5O. The summed E-state index contributed by atoms with van der Waals surface area (Å²) in [5.74, 6) is -0.431. The van der Waals surface area contributed by atoms with Crippen LogP contribution in [0.15, 0.2) is 30.5 Å². The molecule has 0 saturated carbocycles. The zero-order valence-corrected chi connectivity index (χ0v) is 15.0. The molecule has 1 aromatic carbocycles. The number of hydrogen-bond acceptors (Lipinski definition) is 4. The van der Waals surface area contributed by atoms with Gasteiger partial charge in [0, 0.05) is 18.6 Å². The quantitative estimate of drug-likeness (QED) is 0.898. The Morgan fingerprint density at radius 2 is 2.24 bits per heavy atom. The number of carbonyl (C=O) groups is 1. The van der Waals surface area contributed by atoms with Gasteiger partial charge >= 0.3 is 0 Å². The van der Waals surface area contributed by atoms with E-state index >= 15 is 0 Å². The maximum absolute atomic E-state index is 13.2. The number of nitrogens with zero attached hydrogens (tertiary/aromatic N) is 4. The molecule has 1 aromatic heterocycles. The van der Waals surface area contributed by atoms with Crippen LogP contribution in [0.3, 0.4) is 0 Å². The Balaban J connectivity index is 0.00000225.